The second kappa shape index (κ2) is 25.0. The molecule has 0 aliphatic rings. The Morgan fingerprint density at radius 1 is 0.775 bits per heavy atom. The number of phosphoric acid groups is 1. The molecular formula is C31H65N2O6P. The van der Waals surface area contributed by atoms with E-state index in [-0.39, 0.29) is 19.1 Å². The molecule has 3 atom stereocenters. The number of phosphoric ester groups is 1. The fourth-order valence-electron chi connectivity index (χ4n) is 4.62. The summed E-state index contributed by atoms with van der Waals surface area (Å²) in [5.41, 5.74) is 0. The molecule has 0 radical (unpaired) electrons. The van der Waals surface area contributed by atoms with Gasteiger partial charge in [-0.25, -0.2) is 0 Å². The summed E-state index contributed by atoms with van der Waals surface area (Å²) in [5, 5.41) is 13.7. The molecule has 0 heterocycles. The molecule has 0 aliphatic carbocycles. The first-order valence-electron chi connectivity index (χ1n) is 16.4. The normalized spacial score (nSPS) is 15.1. The number of aliphatic hydroxyl groups excluding tert-OH is 1. The molecule has 8 nitrogen and oxygen atoms in total. The third-order valence-corrected chi connectivity index (χ3v) is 8.31. The van der Waals surface area contributed by atoms with Crippen molar-refractivity contribution in [1.82, 2.24) is 5.32 Å². The van der Waals surface area contributed by atoms with Gasteiger partial charge >= 0.3 is 0 Å². The van der Waals surface area contributed by atoms with Crippen LogP contribution in [-0.2, 0) is 18.4 Å². The van der Waals surface area contributed by atoms with E-state index in [0.717, 1.165) is 38.5 Å². The van der Waals surface area contributed by atoms with Gasteiger partial charge in [0.25, 0.3) is 7.82 Å². The number of nitrogens with one attached hydrogen (secondary N) is 1. The van der Waals surface area contributed by atoms with E-state index < -0.39 is 20.0 Å². The Labute approximate surface area is 247 Å². The molecule has 0 aromatic carbocycles. The van der Waals surface area contributed by atoms with Crippen molar-refractivity contribution in [3.05, 3.63) is 0 Å². The van der Waals surface area contributed by atoms with Crippen molar-refractivity contribution < 1.29 is 32.9 Å². The Bertz CT molecular complexity index is 644. The highest BCUT2D eigenvalue weighted by molar-refractivity contribution is 7.45. The lowest BCUT2D eigenvalue weighted by atomic mass is 10.0. The van der Waals surface area contributed by atoms with Crippen molar-refractivity contribution in [3.8, 4) is 0 Å². The van der Waals surface area contributed by atoms with Crippen molar-refractivity contribution in [1.29, 1.82) is 0 Å². The summed E-state index contributed by atoms with van der Waals surface area (Å²) < 4.78 is 23.0. The first-order chi connectivity index (χ1) is 19.0. The van der Waals surface area contributed by atoms with Gasteiger partial charge in [0, 0.05) is 6.42 Å². The number of amides is 1. The lowest BCUT2D eigenvalue weighted by molar-refractivity contribution is -0.870. The van der Waals surface area contributed by atoms with Gasteiger partial charge in [-0.1, -0.05) is 123 Å². The molecule has 40 heavy (non-hydrogen) atoms. The van der Waals surface area contributed by atoms with Crippen LogP contribution >= 0.6 is 7.82 Å². The van der Waals surface area contributed by atoms with E-state index in [4.69, 9.17) is 9.05 Å². The standard InChI is InChI=1S/C31H65N2O6P/c1-6-8-10-12-14-15-16-17-18-19-20-22-24-30(34)29(32-31(35)25-23-21-13-11-9-7-2)28-39-40(36,37)38-27-26-33(3,4)5/h29-30,34H,6-28H2,1-5H3,(H-,32,35,36,37). The van der Waals surface area contributed by atoms with Crippen LogP contribution < -0.4 is 10.2 Å². The van der Waals surface area contributed by atoms with E-state index >= 15 is 0 Å². The van der Waals surface area contributed by atoms with E-state index in [9.17, 15) is 19.4 Å². The number of aliphatic hydroxyl groups is 1. The maximum atomic E-state index is 12.6. The Morgan fingerprint density at radius 2 is 1.23 bits per heavy atom. The lowest BCUT2D eigenvalue weighted by Crippen LogP contribution is -2.46. The Balaban J connectivity index is 4.50. The Hall–Kier alpha value is -0.500. The average molecular weight is 593 g/mol. The van der Waals surface area contributed by atoms with Gasteiger partial charge in [-0.3, -0.25) is 9.36 Å². The van der Waals surface area contributed by atoms with Crippen LogP contribution in [-0.4, -0.2) is 68.5 Å². The molecule has 0 aromatic rings. The van der Waals surface area contributed by atoms with Gasteiger partial charge in [-0.15, -0.1) is 0 Å². The summed E-state index contributed by atoms with van der Waals surface area (Å²) in [6, 6.07) is -0.787. The molecule has 2 N–H and O–H groups in total. The minimum absolute atomic E-state index is 0.0146. The second-order valence-corrected chi connectivity index (χ2v) is 13.9. The number of hydrogen-bond acceptors (Lipinski definition) is 6. The number of carbonyl (C=O) groups excluding carboxylic acids is 1. The number of quaternary nitrogens is 1. The third-order valence-electron chi connectivity index (χ3n) is 7.35. The second-order valence-electron chi connectivity index (χ2n) is 12.5. The maximum absolute atomic E-state index is 12.6. The van der Waals surface area contributed by atoms with Crippen LogP contribution in [0.4, 0.5) is 0 Å². The summed E-state index contributed by atoms with van der Waals surface area (Å²) in [5.74, 6) is -0.176. The summed E-state index contributed by atoms with van der Waals surface area (Å²) in [7, 11) is 1.30. The summed E-state index contributed by atoms with van der Waals surface area (Å²) >= 11 is 0. The van der Waals surface area contributed by atoms with Gasteiger partial charge in [0.1, 0.15) is 13.2 Å². The first-order valence-corrected chi connectivity index (χ1v) is 17.8. The number of likely N-dealkylation sites (N-methyl/N-ethyl adjacent to an activating group) is 1. The van der Waals surface area contributed by atoms with Crippen molar-refractivity contribution in [2.24, 2.45) is 0 Å². The van der Waals surface area contributed by atoms with Crippen LogP contribution in [0.2, 0.25) is 0 Å². The molecule has 3 unspecified atom stereocenters. The minimum atomic E-state index is -4.53. The van der Waals surface area contributed by atoms with E-state index in [2.05, 4.69) is 19.2 Å². The predicted molar refractivity (Wildman–Crippen MR) is 164 cm³/mol. The molecule has 0 bridgehead atoms. The topological polar surface area (TPSA) is 108 Å². The zero-order valence-corrected chi connectivity index (χ0v) is 27.7. The molecule has 0 saturated heterocycles. The van der Waals surface area contributed by atoms with Gasteiger partial charge in [0.05, 0.1) is 39.9 Å². The highest BCUT2D eigenvalue weighted by Crippen LogP contribution is 2.38. The van der Waals surface area contributed by atoms with Crippen LogP contribution in [0.15, 0.2) is 0 Å². The molecule has 0 rings (SSSR count). The largest absolute Gasteiger partial charge is 0.756 e. The smallest absolute Gasteiger partial charge is 0.268 e. The molecule has 0 spiro atoms. The van der Waals surface area contributed by atoms with Gasteiger partial charge in [-0.2, -0.15) is 0 Å². The van der Waals surface area contributed by atoms with E-state index in [1.807, 2.05) is 21.1 Å². The zero-order valence-electron chi connectivity index (χ0n) is 26.8. The Kier molecular flexibility index (Phi) is 24.7. The first kappa shape index (κ1) is 39.5. The van der Waals surface area contributed by atoms with Crippen LogP contribution in [0.1, 0.15) is 142 Å². The van der Waals surface area contributed by atoms with E-state index in [1.54, 1.807) is 0 Å². The molecule has 240 valence electrons. The minimum Gasteiger partial charge on any atom is -0.756 e. The van der Waals surface area contributed by atoms with Crippen LogP contribution in [0.5, 0.6) is 0 Å². The molecule has 0 fully saturated rings. The molecule has 9 heteroatoms. The quantitative estimate of drug-likeness (QED) is 0.0557. The van der Waals surface area contributed by atoms with Crippen LogP contribution in [0.25, 0.3) is 0 Å². The number of unbranched alkanes of at least 4 members (excludes halogenated alkanes) is 16. The lowest BCUT2D eigenvalue weighted by Gasteiger charge is -2.30. The van der Waals surface area contributed by atoms with Crippen molar-refractivity contribution in [2.45, 2.75) is 154 Å². The summed E-state index contributed by atoms with van der Waals surface area (Å²) in [6.07, 6.45) is 21.2. The number of carbonyl (C=O) groups is 1. The van der Waals surface area contributed by atoms with E-state index in [1.165, 1.54) is 77.0 Å². The zero-order chi connectivity index (χ0) is 30.1. The molecular weight excluding hydrogens is 527 g/mol. The highest BCUT2D eigenvalue weighted by Gasteiger charge is 2.24. The van der Waals surface area contributed by atoms with Gasteiger partial charge < -0.3 is 28.8 Å². The van der Waals surface area contributed by atoms with Gasteiger partial charge in [-0.05, 0) is 12.8 Å². The SMILES string of the molecule is CCCCCCCCCCCCCCC(O)C(COP(=O)([O-])OCC[N+](C)(C)C)NC(=O)CCCCCCCC. The molecule has 1 amide bonds. The van der Waals surface area contributed by atoms with Crippen LogP contribution in [0.3, 0.4) is 0 Å². The van der Waals surface area contributed by atoms with Crippen LogP contribution in [0, 0.1) is 0 Å². The van der Waals surface area contributed by atoms with Crippen molar-refractivity contribution >= 4 is 13.7 Å². The monoisotopic (exact) mass is 592 g/mol. The number of rotatable bonds is 29. The molecule has 0 saturated carbocycles. The third kappa shape index (κ3) is 26.4. The summed E-state index contributed by atoms with van der Waals surface area (Å²) in [4.78, 5) is 24.9. The Morgan fingerprint density at radius 3 is 1.70 bits per heavy atom. The number of nitrogens with zero attached hydrogens (tertiary/aromatic N) is 1. The maximum Gasteiger partial charge on any atom is 0.268 e. The van der Waals surface area contributed by atoms with Crippen molar-refractivity contribution in [3.63, 3.8) is 0 Å². The van der Waals surface area contributed by atoms with E-state index in [0.29, 0.717) is 23.9 Å². The average Bonchev–Trinajstić information content (AvgIpc) is 2.88. The summed E-state index contributed by atoms with van der Waals surface area (Å²) in [6.45, 7) is 4.62. The fraction of sp³-hybridized carbons (Fsp3) is 0.968. The van der Waals surface area contributed by atoms with Gasteiger partial charge in [0.15, 0.2) is 0 Å². The fourth-order valence-corrected chi connectivity index (χ4v) is 5.35. The highest BCUT2D eigenvalue weighted by atomic mass is 31.2. The molecule has 0 aliphatic heterocycles. The van der Waals surface area contributed by atoms with Gasteiger partial charge in [0.2, 0.25) is 5.91 Å². The van der Waals surface area contributed by atoms with Crippen molar-refractivity contribution in [2.75, 3.05) is 40.9 Å². The molecule has 0 aromatic heterocycles. The number of hydrogen-bond donors (Lipinski definition) is 2. The predicted octanol–water partition coefficient (Wildman–Crippen LogP) is 6.88.